The number of hydrogen-bond acceptors (Lipinski definition) is 2. The molecule has 3 rings (SSSR count). The summed E-state index contributed by atoms with van der Waals surface area (Å²) in [6.45, 7) is 0.754. The fraction of sp³-hybridized carbons (Fsp3) is 0.533. The molecule has 1 amide bonds. The van der Waals surface area contributed by atoms with E-state index in [0.717, 1.165) is 30.5 Å². The highest BCUT2D eigenvalue weighted by Crippen LogP contribution is 2.32. The second-order valence-electron chi connectivity index (χ2n) is 5.46. The summed E-state index contributed by atoms with van der Waals surface area (Å²) in [4.78, 5) is 14.5. The quantitative estimate of drug-likeness (QED) is 0.610. The van der Waals surface area contributed by atoms with Crippen molar-refractivity contribution < 1.29 is 4.79 Å². The summed E-state index contributed by atoms with van der Waals surface area (Å²) in [5, 5.41) is 0. The summed E-state index contributed by atoms with van der Waals surface area (Å²) < 4.78 is 0. The van der Waals surface area contributed by atoms with Gasteiger partial charge >= 0.3 is 0 Å². The number of benzene rings is 1. The summed E-state index contributed by atoms with van der Waals surface area (Å²) in [6, 6.07) is 6.22. The number of carbonyl (C=O) groups excluding carboxylic acids is 1. The van der Waals surface area contributed by atoms with Crippen LogP contribution in [0.15, 0.2) is 18.2 Å². The number of nitrogens with zero attached hydrogens (tertiary/aromatic N) is 1. The maximum atomic E-state index is 12.5. The molecule has 0 atom stereocenters. The first-order valence-electron chi connectivity index (χ1n) is 6.95. The van der Waals surface area contributed by atoms with Gasteiger partial charge in [0, 0.05) is 18.3 Å². The Balaban J connectivity index is 1.85. The van der Waals surface area contributed by atoms with Crippen LogP contribution in [0, 0.1) is 0 Å². The molecule has 0 aromatic heterocycles. The lowest BCUT2D eigenvalue weighted by molar-refractivity contribution is 0.0686. The second kappa shape index (κ2) is 4.63. The Hall–Kier alpha value is -1.51. The molecule has 0 spiro atoms. The Kier molecular flexibility index (Phi) is 2.98. The average Bonchev–Trinajstić information content (AvgIpc) is 2.56. The van der Waals surface area contributed by atoms with Gasteiger partial charge in [0.05, 0.1) is 5.56 Å². The molecule has 0 bridgehead atoms. The van der Waals surface area contributed by atoms with E-state index in [9.17, 15) is 4.79 Å². The molecule has 0 unspecified atom stereocenters. The van der Waals surface area contributed by atoms with Crippen molar-refractivity contribution in [3.05, 3.63) is 29.3 Å². The number of hydrogen-bond donors (Lipinski definition) is 1. The van der Waals surface area contributed by atoms with Gasteiger partial charge in [-0.15, -0.1) is 0 Å². The van der Waals surface area contributed by atoms with E-state index in [1.165, 1.54) is 25.7 Å². The lowest BCUT2D eigenvalue weighted by atomic mass is 10.1. The molecular weight excluding hydrogens is 224 g/mol. The van der Waals surface area contributed by atoms with E-state index in [2.05, 4.69) is 0 Å². The maximum Gasteiger partial charge on any atom is 0.256 e. The highest BCUT2D eigenvalue weighted by Gasteiger charge is 2.33. The third kappa shape index (κ3) is 1.88. The third-order valence-electron chi connectivity index (χ3n) is 4.26. The van der Waals surface area contributed by atoms with Gasteiger partial charge in [-0.3, -0.25) is 4.79 Å². The summed E-state index contributed by atoms with van der Waals surface area (Å²) >= 11 is 0. The van der Waals surface area contributed by atoms with E-state index in [0.29, 0.717) is 11.7 Å². The van der Waals surface area contributed by atoms with Crippen LogP contribution in [0.25, 0.3) is 0 Å². The van der Waals surface area contributed by atoms with E-state index in [-0.39, 0.29) is 5.91 Å². The van der Waals surface area contributed by atoms with Crippen molar-refractivity contribution >= 4 is 11.6 Å². The Bertz CT molecular complexity index is 462. The van der Waals surface area contributed by atoms with Gasteiger partial charge in [-0.25, -0.2) is 0 Å². The van der Waals surface area contributed by atoms with Crippen molar-refractivity contribution in [2.75, 3.05) is 5.73 Å². The number of amides is 1. The fourth-order valence-electron chi connectivity index (χ4n) is 3.28. The van der Waals surface area contributed by atoms with Gasteiger partial charge in [0.1, 0.15) is 0 Å². The molecule has 1 aromatic carbocycles. The molecule has 1 heterocycles. The van der Waals surface area contributed by atoms with Crippen LogP contribution in [0.4, 0.5) is 5.69 Å². The molecule has 3 heteroatoms. The summed E-state index contributed by atoms with van der Waals surface area (Å²) in [5.74, 6) is 0.148. The van der Waals surface area contributed by atoms with Gasteiger partial charge in [-0.1, -0.05) is 37.8 Å². The zero-order valence-corrected chi connectivity index (χ0v) is 10.7. The number of fused-ring (bicyclic) bond motifs is 1. The van der Waals surface area contributed by atoms with E-state index in [4.69, 9.17) is 5.73 Å². The van der Waals surface area contributed by atoms with Crippen LogP contribution in [-0.2, 0) is 6.54 Å². The topological polar surface area (TPSA) is 46.3 Å². The number of rotatable bonds is 1. The summed E-state index contributed by atoms with van der Waals surface area (Å²) in [5.41, 5.74) is 8.42. The van der Waals surface area contributed by atoms with Crippen LogP contribution in [0.3, 0.4) is 0 Å². The first-order valence-corrected chi connectivity index (χ1v) is 6.95. The van der Waals surface area contributed by atoms with Gasteiger partial charge in [-0.05, 0) is 24.5 Å². The predicted octanol–water partition coefficient (Wildman–Crippen LogP) is 2.95. The lowest BCUT2D eigenvalue weighted by Crippen LogP contribution is -2.35. The first kappa shape index (κ1) is 11.6. The number of anilines is 1. The fourth-order valence-corrected chi connectivity index (χ4v) is 3.28. The van der Waals surface area contributed by atoms with E-state index < -0.39 is 0 Å². The SMILES string of the molecule is Nc1cccc2c1C(=O)N(C1CCCCCC1)C2. The minimum absolute atomic E-state index is 0.148. The first-order chi connectivity index (χ1) is 8.77. The van der Waals surface area contributed by atoms with Gasteiger partial charge in [-0.2, -0.15) is 0 Å². The van der Waals surface area contributed by atoms with Crippen molar-refractivity contribution in [1.29, 1.82) is 0 Å². The zero-order valence-electron chi connectivity index (χ0n) is 10.7. The lowest BCUT2D eigenvalue weighted by Gasteiger charge is -2.26. The smallest absolute Gasteiger partial charge is 0.256 e. The normalized spacial score (nSPS) is 20.9. The second-order valence-corrected chi connectivity index (χ2v) is 5.46. The predicted molar refractivity (Wildman–Crippen MR) is 72.2 cm³/mol. The minimum Gasteiger partial charge on any atom is -0.398 e. The average molecular weight is 244 g/mol. The van der Waals surface area contributed by atoms with Crippen LogP contribution in [-0.4, -0.2) is 16.8 Å². The molecule has 0 radical (unpaired) electrons. The van der Waals surface area contributed by atoms with Gasteiger partial charge in [0.2, 0.25) is 0 Å². The van der Waals surface area contributed by atoms with Crippen LogP contribution < -0.4 is 5.73 Å². The van der Waals surface area contributed by atoms with Gasteiger partial charge in [0.15, 0.2) is 0 Å². The van der Waals surface area contributed by atoms with Crippen LogP contribution >= 0.6 is 0 Å². The molecule has 1 fully saturated rings. The summed E-state index contributed by atoms with van der Waals surface area (Å²) in [6.07, 6.45) is 7.43. The number of carbonyl (C=O) groups is 1. The van der Waals surface area contributed by atoms with Crippen molar-refractivity contribution in [3.63, 3.8) is 0 Å². The maximum absolute atomic E-state index is 12.5. The standard InChI is InChI=1S/C15H20N2O/c16-13-9-5-6-11-10-17(15(18)14(11)13)12-7-3-1-2-4-8-12/h5-6,9,12H,1-4,7-8,10,16H2. The Morgan fingerprint density at radius 2 is 1.83 bits per heavy atom. The van der Waals surface area contributed by atoms with Crippen LogP contribution in [0.1, 0.15) is 54.4 Å². The summed E-state index contributed by atoms with van der Waals surface area (Å²) in [7, 11) is 0. The molecular formula is C15H20N2O. The molecule has 1 saturated carbocycles. The Morgan fingerprint density at radius 3 is 2.50 bits per heavy atom. The molecule has 1 aliphatic heterocycles. The highest BCUT2D eigenvalue weighted by atomic mass is 16.2. The largest absolute Gasteiger partial charge is 0.398 e. The monoisotopic (exact) mass is 244 g/mol. The van der Waals surface area contributed by atoms with Crippen molar-refractivity contribution in [1.82, 2.24) is 4.90 Å². The zero-order chi connectivity index (χ0) is 12.5. The molecule has 2 N–H and O–H groups in total. The Labute approximate surface area is 108 Å². The van der Waals surface area contributed by atoms with Crippen LogP contribution in [0.5, 0.6) is 0 Å². The van der Waals surface area contributed by atoms with Gasteiger partial charge < -0.3 is 10.6 Å². The van der Waals surface area contributed by atoms with E-state index in [1.54, 1.807) is 0 Å². The molecule has 96 valence electrons. The van der Waals surface area contributed by atoms with Crippen molar-refractivity contribution in [2.24, 2.45) is 0 Å². The molecule has 1 aromatic rings. The number of nitrogens with two attached hydrogens (primary N) is 1. The Morgan fingerprint density at radius 1 is 1.11 bits per heavy atom. The number of nitrogen functional groups attached to an aromatic ring is 1. The molecule has 0 saturated heterocycles. The molecule has 1 aliphatic carbocycles. The molecule has 18 heavy (non-hydrogen) atoms. The highest BCUT2D eigenvalue weighted by molar-refractivity contribution is 6.03. The molecule has 2 aliphatic rings. The third-order valence-corrected chi connectivity index (χ3v) is 4.26. The van der Waals surface area contributed by atoms with Crippen LogP contribution in [0.2, 0.25) is 0 Å². The molecule has 3 nitrogen and oxygen atoms in total. The van der Waals surface area contributed by atoms with E-state index in [1.807, 2.05) is 23.1 Å². The minimum atomic E-state index is 0.148. The van der Waals surface area contributed by atoms with Gasteiger partial charge in [0.25, 0.3) is 5.91 Å². The van der Waals surface area contributed by atoms with Crippen molar-refractivity contribution in [3.8, 4) is 0 Å². The van der Waals surface area contributed by atoms with E-state index >= 15 is 0 Å². The van der Waals surface area contributed by atoms with Crippen molar-refractivity contribution in [2.45, 2.75) is 51.1 Å².